The second-order valence-electron chi connectivity index (χ2n) is 5.28. The van der Waals surface area contributed by atoms with Crippen molar-refractivity contribution in [3.8, 4) is 17.2 Å². The van der Waals surface area contributed by atoms with E-state index in [9.17, 15) is 9.59 Å². The fraction of sp³-hybridized carbons (Fsp3) is 0.125. The summed E-state index contributed by atoms with van der Waals surface area (Å²) in [5, 5.41) is 10.3. The highest BCUT2D eigenvalue weighted by Gasteiger charge is 2.19. The van der Waals surface area contributed by atoms with Gasteiger partial charge in [0.25, 0.3) is 11.5 Å². The summed E-state index contributed by atoms with van der Waals surface area (Å²) in [7, 11) is 0. The second kappa shape index (κ2) is 6.02. The number of hydrogen-bond donors (Lipinski definition) is 1. The van der Waals surface area contributed by atoms with Crippen molar-refractivity contribution in [3.63, 3.8) is 0 Å². The average molecular weight is 356 g/mol. The van der Waals surface area contributed by atoms with Gasteiger partial charge in [0.1, 0.15) is 11.1 Å². The molecule has 3 heterocycles. The topological polar surface area (TPSA) is 95.3 Å². The van der Waals surface area contributed by atoms with Gasteiger partial charge >= 0.3 is 0 Å². The number of carbonyl (C=O) groups excluding carboxylic acids is 1. The van der Waals surface area contributed by atoms with E-state index in [0.717, 1.165) is 0 Å². The van der Waals surface area contributed by atoms with Crippen molar-refractivity contribution < 1.29 is 14.3 Å². The number of amides is 1. The van der Waals surface area contributed by atoms with Gasteiger partial charge in [0.05, 0.1) is 5.69 Å². The Kier molecular flexibility index (Phi) is 3.69. The van der Waals surface area contributed by atoms with Crippen LogP contribution in [0.3, 0.4) is 0 Å². The SMILES string of the molecule is Cc1ccn(-c2ccc3c(c2)OCO3)c(=O)c1C(=O)Nc1nncs1. The van der Waals surface area contributed by atoms with Crippen LogP contribution < -0.4 is 20.3 Å². The molecule has 1 aliphatic rings. The highest BCUT2D eigenvalue weighted by atomic mass is 32.1. The van der Waals surface area contributed by atoms with E-state index in [2.05, 4.69) is 15.5 Å². The molecule has 8 nitrogen and oxygen atoms in total. The van der Waals surface area contributed by atoms with Crippen molar-refractivity contribution in [3.05, 3.63) is 57.5 Å². The minimum Gasteiger partial charge on any atom is -0.454 e. The van der Waals surface area contributed by atoms with Gasteiger partial charge in [0.15, 0.2) is 11.5 Å². The number of benzene rings is 1. The summed E-state index contributed by atoms with van der Waals surface area (Å²) in [6.07, 6.45) is 1.62. The predicted octanol–water partition coefficient (Wildman–Crippen LogP) is 1.98. The molecule has 0 saturated carbocycles. The van der Waals surface area contributed by atoms with E-state index in [1.807, 2.05) is 0 Å². The lowest BCUT2D eigenvalue weighted by atomic mass is 10.1. The zero-order valence-electron chi connectivity index (χ0n) is 13.1. The summed E-state index contributed by atoms with van der Waals surface area (Å²) in [5.41, 5.74) is 2.28. The van der Waals surface area contributed by atoms with Crippen molar-refractivity contribution in [1.82, 2.24) is 14.8 Å². The molecule has 0 radical (unpaired) electrons. The number of aryl methyl sites for hydroxylation is 1. The maximum absolute atomic E-state index is 12.9. The largest absolute Gasteiger partial charge is 0.454 e. The number of pyridine rings is 1. The van der Waals surface area contributed by atoms with Crippen LogP contribution in [0.1, 0.15) is 15.9 Å². The number of hydrogen-bond acceptors (Lipinski definition) is 7. The lowest BCUT2D eigenvalue weighted by Gasteiger charge is -2.11. The van der Waals surface area contributed by atoms with Crippen molar-refractivity contribution in [2.24, 2.45) is 0 Å². The van der Waals surface area contributed by atoms with E-state index in [-0.39, 0.29) is 12.4 Å². The van der Waals surface area contributed by atoms with Gasteiger partial charge in [0.2, 0.25) is 11.9 Å². The first-order valence-corrected chi connectivity index (χ1v) is 8.21. The minimum atomic E-state index is -0.519. The maximum Gasteiger partial charge on any atom is 0.268 e. The molecule has 1 N–H and O–H groups in total. The molecule has 25 heavy (non-hydrogen) atoms. The van der Waals surface area contributed by atoms with Crippen LogP contribution in [0, 0.1) is 6.92 Å². The molecule has 4 rings (SSSR count). The third-order valence-corrected chi connectivity index (χ3v) is 4.35. The van der Waals surface area contributed by atoms with E-state index in [0.29, 0.717) is 27.9 Å². The van der Waals surface area contributed by atoms with Gasteiger partial charge in [-0.2, -0.15) is 0 Å². The molecule has 0 atom stereocenters. The van der Waals surface area contributed by atoms with Gasteiger partial charge in [-0.15, -0.1) is 10.2 Å². The van der Waals surface area contributed by atoms with Crippen molar-refractivity contribution in [2.75, 3.05) is 12.1 Å². The third-order valence-electron chi connectivity index (χ3n) is 3.74. The Morgan fingerprint density at radius 1 is 1.28 bits per heavy atom. The van der Waals surface area contributed by atoms with E-state index < -0.39 is 11.5 Å². The Labute approximate surface area is 145 Å². The molecular formula is C16H12N4O4S. The molecule has 0 fully saturated rings. The fourth-order valence-corrected chi connectivity index (χ4v) is 2.97. The van der Waals surface area contributed by atoms with Crippen LogP contribution in [-0.2, 0) is 0 Å². The molecular weight excluding hydrogens is 344 g/mol. The quantitative estimate of drug-likeness (QED) is 0.771. The monoisotopic (exact) mass is 356 g/mol. The van der Waals surface area contributed by atoms with Crippen LogP contribution >= 0.6 is 11.3 Å². The number of nitrogens with one attached hydrogen (secondary N) is 1. The summed E-state index contributed by atoms with van der Waals surface area (Å²) in [6, 6.07) is 6.87. The van der Waals surface area contributed by atoms with Crippen LogP contribution in [0.2, 0.25) is 0 Å². The normalized spacial score (nSPS) is 12.2. The van der Waals surface area contributed by atoms with Gasteiger partial charge in [-0.1, -0.05) is 11.3 Å². The van der Waals surface area contributed by atoms with E-state index >= 15 is 0 Å². The minimum absolute atomic E-state index is 0.0513. The van der Waals surface area contributed by atoms with Crippen LogP contribution in [-0.4, -0.2) is 27.5 Å². The zero-order chi connectivity index (χ0) is 17.4. The smallest absolute Gasteiger partial charge is 0.268 e. The first-order valence-electron chi connectivity index (χ1n) is 7.33. The summed E-state index contributed by atoms with van der Waals surface area (Å²) < 4.78 is 12.0. The molecule has 1 aromatic carbocycles. The number of carbonyl (C=O) groups is 1. The highest BCUT2D eigenvalue weighted by Crippen LogP contribution is 2.33. The van der Waals surface area contributed by atoms with Gasteiger partial charge in [0, 0.05) is 12.3 Å². The summed E-state index contributed by atoms with van der Waals surface area (Å²) in [5.74, 6) is 0.664. The van der Waals surface area contributed by atoms with E-state index in [1.54, 1.807) is 37.4 Å². The first kappa shape index (κ1) is 15.3. The highest BCUT2D eigenvalue weighted by molar-refractivity contribution is 7.13. The molecule has 0 spiro atoms. The van der Waals surface area contributed by atoms with E-state index in [4.69, 9.17) is 9.47 Å². The number of aromatic nitrogens is 3. The molecule has 1 amide bonds. The lowest BCUT2D eigenvalue weighted by molar-refractivity contribution is 0.102. The van der Waals surface area contributed by atoms with Crippen LogP contribution in [0.25, 0.3) is 5.69 Å². The third kappa shape index (κ3) is 2.74. The molecule has 2 aromatic heterocycles. The summed E-state index contributed by atoms with van der Waals surface area (Å²) in [4.78, 5) is 25.4. The number of anilines is 1. The summed E-state index contributed by atoms with van der Waals surface area (Å²) >= 11 is 1.18. The van der Waals surface area contributed by atoms with Crippen LogP contribution in [0.15, 0.2) is 40.8 Å². The van der Waals surface area contributed by atoms with Crippen molar-refractivity contribution in [1.29, 1.82) is 0 Å². The number of nitrogens with zero attached hydrogens (tertiary/aromatic N) is 3. The fourth-order valence-electron chi connectivity index (χ4n) is 2.53. The Hall–Kier alpha value is -3.20. The first-order chi connectivity index (χ1) is 12.1. The second-order valence-corrected chi connectivity index (χ2v) is 6.12. The Balaban J connectivity index is 1.75. The zero-order valence-corrected chi connectivity index (χ0v) is 13.9. The molecule has 0 saturated heterocycles. The van der Waals surface area contributed by atoms with Crippen LogP contribution in [0.5, 0.6) is 11.5 Å². The summed E-state index contributed by atoms with van der Waals surface area (Å²) in [6.45, 7) is 1.86. The van der Waals surface area contributed by atoms with Gasteiger partial charge in [-0.25, -0.2) is 0 Å². The number of fused-ring (bicyclic) bond motifs is 1. The van der Waals surface area contributed by atoms with Gasteiger partial charge < -0.3 is 9.47 Å². The lowest BCUT2D eigenvalue weighted by Crippen LogP contribution is -2.29. The number of rotatable bonds is 3. The Morgan fingerprint density at radius 2 is 2.12 bits per heavy atom. The maximum atomic E-state index is 12.9. The molecule has 9 heteroatoms. The standard InChI is InChI=1S/C16H12N4O4S/c1-9-4-5-20(10-2-3-11-12(6-10)24-8-23-11)15(22)13(9)14(21)18-16-19-17-7-25-16/h2-7H,8H2,1H3,(H,18,19,21). The molecule has 0 bridgehead atoms. The molecule has 0 aliphatic carbocycles. The van der Waals surface area contributed by atoms with Crippen LogP contribution in [0.4, 0.5) is 5.13 Å². The van der Waals surface area contributed by atoms with Gasteiger partial charge in [-0.05, 0) is 30.7 Å². The molecule has 3 aromatic rings. The molecule has 0 unspecified atom stereocenters. The molecule has 1 aliphatic heterocycles. The van der Waals surface area contributed by atoms with E-state index in [1.165, 1.54) is 21.4 Å². The Morgan fingerprint density at radius 3 is 2.92 bits per heavy atom. The Bertz CT molecular complexity index is 1010. The number of ether oxygens (including phenoxy) is 2. The predicted molar refractivity (Wildman–Crippen MR) is 90.8 cm³/mol. The van der Waals surface area contributed by atoms with Gasteiger partial charge in [-0.3, -0.25) is 19.5 Å². The molecule has 126 valence electrons. The van der Waals surface area contributed by atoms with Crippen molar-refractivity contribution >= 4 is 22.4 Å². The average Bonchev–Trinajstić information content (AvgIpc) is 3.25. The van der Waals surface area contributed by atoms with Crippen molar-refractivity contribution in [2.45, 2.75) is 6.92 Å².